The molecule has 0 bridgehead atoms. The van der Waals surface area contributed by atoms with Crippen LogP contribution in [0.3, 0.4) is 0 Å². The fourth-order valence-electron chi connectivity index (χ4n) is 2.23. The lowest BCUT2D eigenvalue weighted by molar-refractivity contribution is 0.102. The van der Waals surface area contributed by atoms with Gasteiger partial charge in [0.2, 0.25) is 0 Å². The van der Waals surface area contributed by atoms with Crippen LogP contribution < -0.4 is 10.6 Å². The quantitative estimate of drug-likeness (QED) is 0.717. The zero-order valence-corrected chi connectivity index (χ0v) is 14.1. The smallest absolute Gasteiger partial charge is 0.274 e. The Hall–Kier alpha value is -3.25. The van der Waals surface area contributed by atoms with Gasteiger partial charge < -0.3 is 10.6 Å². The van der Waals surface area contributed by atoms with Crippen molar-refractivity contribution in [3.63, 3.8) is 0 Å². The molecule has 0 unspecified atom stereocenters. The fourth-order valence-corrected chi connectivity index (χ4v) is 2.42. The largest absolute Gasteiger partial charge is 0.322 e. The van der Waals surface area contributed by atoms with Crippen LogP contribution in [0.5, 0.6) is 0 Å². The number of aromatic nitrogens is 1. The van der Waals surface area contributed by atoms with Crippen LogP contribution in [0.15, 0.2) is 66.9 Å². The van der Waals surface area contributed by atoms with Crippen LogP contribution in [0, 0.1) is 5.82 Å². The van der Waals surface area contributed by atoms with Crippen molar-refractivity contribution in [3.8, 4) is 0 Å². The van der Waals surface area contributed by atoms with E-state index < -0.39 is 17.6 Å². The normalized spacial score (nSPS) is 10.2. The van der Waals surface area contributed by atoms with Crippen molar-refractivity contribution in [3.05, 3.63) is 89.0 Å². The fraction of sp³-hybridized carbons (Fsp3) is 0. The number of pyridine rings is 1. The topological polar surface area (TPSA) is 71.1 Å². The summed E-state index contributed by atoms with van der Waals surface area (Å²) >= 11 is 5.88. The molecule has 2 amide bonds. The number of amides is 2. The van der Waals surface area contributed by atoms with Crippen LogP contribution in [0.4, 0.5) is 15.8 Å². The maximum atomic E-state index is 13.2. The van der Waals surface area contributed by atoms with E-state index in [0.717, 1.165) is 0 Å². The average molecular weight is 370 g/mol. The predicted molar refractivity (Wildman–Crippen MR) is 98.0 cm³/mol. The second kappa shape index (κ2) is 7.76. The highest BCUT2D eigenvalue weighted by molar-refractivity contribution is 6.31. The van der Waals surface area contributed by atoms with Gasteiger partial charge in [-0.05, 0) is 48.5 Å². The van der Waals surface area contributed by atoms with Crippen molar-refractivity contribution in [2.45, 2.75) is 0 Å². The van der Waals surface area contributed by atoms with E-state index in [2.05, 4.69) is 15.6 Å². The van der Waals surface area contributed by atoms with Crippen molar-refractivity contribution < 1.29 is 14.0 Å². The third-order valence-electron chi connectivity index (χ3n) is 3.42. The maximum absolute atomic E-state index is 13.2. The molecule has 2 N–H and O–H groups in total. The summed E-state index contributed by atoms with van der Waals surface area (Å²) in [6.07, 6.45) is 1.35. The first kappa shape index (κ1) is 17.6. The van der Waals surface area contributed by atoms with Gasteiger partial charge in [0.25, 0.3) is 11.8 Å². The molecule has 3 rings (SSSR count). The predicted octanol–water partition coefficient (Wildman–Crippen LogP) is 4.38. The Bertz CT molecular complexity index is 904. The maximum Gasteiger partial charge on any atom is 0.274 e. The van der Waals surface area contributed by atoms with E-state index in [-0.39, 0.29) is 11.3 Å². The number of rotatable bonds is 4. The van der Waals surface area contributed by atoms with Gasteiger partial charge in [-0.25, -0.2) is 4.39 Å². The molecule has 0 fully saturated rings. The number of carbonyl (C=O) groups excluding carboxylic acids is 2. The Balaban J connectivity index is 1.75. The van der Waals surface area contributed by atoms with Gasteiger partial charge >= 0.3 is 0 Å². The highest BCUT2D eigenvalue weighted by Crippen LogP contribution is 2.16. The molecule has 3 aromatic rings. The van der Waals surface area contributed by atoms with E-state index in [1.54, 1.807) is 30.3 Å². The summed E-state index contributed by atoms with van der Waals surface area (Å²) < 4.78 is 13.2. The minimum Gasteiger partial charge on any atom is -0.322 e. The summed E-state index contributed by atoms with van der Waals surface area (Å²) in [5, 5.41) is 5.71. The van der Waals surface area contributed by atoms with E-state index in [1.807, 2.05) is 0 Å². The van der Waals surface area contributed by atoms with Crippen LogP contribution in [-0.2, 0) is 0 Å². The van der Waals surface area contributed by atoms with Crippen LogP contribution in [-0.4, -0.2) is 16.8 Å². The van der Waals surface area contributed by atoms with Gasteiger partial charge in [-0.3, -0.25) is 14.6 Å². The highest BCUT2D eigenvalue weighted by Gasteiger charge is 2.13. The molecular formula is C19H13ClFN3O2. The van der Waals surface area contributed by atoms with E-state index >= 15 is 0 Å². The van der Waals surface area contributed by atoms with Crippen LogP contribution in [0.25, 0.3) is 0 Å². The summed E-state index contributed by atoms with van der Waals surface area (Å²) in [6.45, 7) is 0. The van der Waals surface area contributed by atoms with Gasteiger partial charge in [-0.15, -0.1) is 0 Å². The molecular weight excluding hydrogens is 357 g/mol. The zero-order valence-electron chi connectivity index (χ0n) is 13.4. The van der Waals surface area contributed by atoms with Crippen molar-refractivity contribution in [1.29, 1.82) is 0 Å². The molecule has 130 valence electrons. The lowest BCUT2D eigenvalue weighted by Gasteiger charge is -2.08. The number of halogens is 2. The SMILES string of the molecule is O=C(Nc1cccc(F)c1)c1ccnc(C(=O)Nc2cccc(Cl)c2)c1. The van der Waals surface area contributed by atoms with Gasteiger partial charge in [-0.1, -0.05) is 23.7 Å². The van der Waals surface area contributed by atoms with Gasteiger partial charge in [0.05, 0.1) is 0 Å². The number of benzene rings is 2. The van der Waals surface area contributed by atoms with E-state index in [4.69, 9.17) is 11.6 Å². The number of carbonyl (C=O) groups is 2. The summed E-state index contributed by atoms with van der Waals surface area (Å²) in [6, 6.07) is 15.0. The summed E-state index contributed by atoms with van der Waals surface area (Å²) in [5.74, 6) is -1.42. The van der Waals surface area contributed by atoms with Crippen molar-refractivity contribution in [2.75, 3.05) is 10.6 Å². The van der Waals surface area contributed by atoms with Gasteiger partial charge in [0, 0.05) is 28.2 Å². The lowest BCUT2D eigenvalue weighted by atomic mass is 10.2. The Labute approximate surface area is 153 Å². The number of nitrogens with one attached hydrogen (secondary N) is 2. The van der Waals surface area contributed by atoms with Crippen LogP contribution >= 0.6 is 11.6 Å². The minimum absolute atomic E-state index is 0.0665. The highest BCUT2D eigenvalue weighted by atomic mass is 35.5. The second-order valence-corrected chi connectivity index (χ2v) is 5.80. The summed E-state index contributed by atoms with van der Waals surface area (Å²) in [4.78, 5) is 28.6. The number of hydrogen-bond acceptors (Lipinski definition) is 3. The van der Waals surface area contributed by atoms with E-state index in [9.17, 15) is 14.0 Å². The first-order valence-corrected chi connectivity index (χ1v) is 7.99. The van der Waals surface area contributed by atoms with Gasteiger partial charge in [0.1, 0.15) is 11.5 Å². The first-order chi connectivity index (χ1) is 12.5. The molecule has 7 heteroatoms. The lowest BCUT2D eigenvalue weighted by Crippen LogP contribution is -2.17. The molecule has 0 aliphatic carbocycles. The minimum atomic E-state index is -0.479. The van der Waals surface area contributed by atoms with Crippen LogP contribution in [0.1, 0.15) is 20.8 Å². The van der Waals surface area contributed by atoms with E-state index in [1.165, 1.54) is 36.5 Å². The van der Waals surface area contributed by atoms with Crippen molar-refractivity contribution in [1.82, 2.24) is 4.98 Å². The molecule has 1 aromatic heterocycles. The van der Waals surface area contributed by atoms with Crippen molar-refractivity contribution >= 4 is 34.8 Å². The summed E-state index contributed by atoms with van der Waals surface area (Å²) in [5.41, 5.74) is 1.12. The Morgan fingerprint density at radius 3 is 2.31 bits per heavy atom. The van der Waals surface area contributed by atoms with Gasteiger partial charge in [-0.2, -0.15) is 0 Å². The number of hydrogen-bond donors (Lipinski definition) is 2. The number of anilines is 2. The Morgan fingerprint density at radius 1 is 0.885 bits per heavy atom. The molecule has 0 atom stereocenters. The van der Waals surface area contributed by atoms with Crippen molar-refractivity contribution in [2.24, 2.45) is 0 Å². The molecule has 26 heavy (non-hydrogen) atoms. The Kier molecular flexibility index (Phi) is 5.24. The molecule has 2 aromatic carbocycles. The molecule has 0 aliphatic heterocycles. The average Bonchev–Trinajstić information content (AvgIpc) is 2.62. The zero-order chi connectivity index (χ0) is 18.5. The van der Waals surface area contributed by atoms with E-state index in [0.29, 0.717) is 16.4 Å². The molecule has 0 saturated heterocycles. The first-order valence-electron chi connectivity index (χ1n) is 7.61. The Morgan fingerprint density at radius 2 is 1.58 bits per heavy atom. The molecule has 5 nitrogen and oxygen atoms in total. The van der Waals surface area contributed by atoms with Crippen LogP contribution in [0.2, 0.25) is 5.02 Å². The summed E-state index contributed by atoms with van der Waals surface area (Å²) in [7, 11) is 0. The molecule has 0 radical (unpaired) electrons. The molecule has 0 aliphatic rings. The second-order valence-electron chi connectivity index (χ2n) is 5.36. The molecule has 0 saturated carbocycles. The number of nitrogens with zero attached hydrogens (tertiary/aromatic N) is 1. The van der Waals surface area contributed by atoms with Gasteiger partial charge in [0.15, 0.2) is 0 Å². The monoisotopic (exact) mass is 369 g/mol. The third-order valence-corrected chi connectivity index (χ3v) is 3.65. The standard InChI is InChI=1S/C19H13ClFN3O2/c20-13-3-1-5-15(10-13)24-19(26)17-9-12(7-8-22-17)18(25)23-16-6-2-4-14(21)11-16/h1-11H,(H,23,25)(H,24,26). The molecule has 1 heterocycles. The third kappa shape index (κ3) is 4.43. The molecule has 0 spiro atoms.